The van der Waals surface area contributed by atoms with Crippen LogP contribution in [-0.2, 0) is 11.2 Å². The van der Waals surface area contributed by atoms with E-state index in [1.54, 1.807) is 14.0 Å². The van der Waals surface area contributed by atoms with E-state index in [-0.39, 0.29) is 11.9 Å². The maximum absolute atomic E-state index is 11.9. The van der Waals surface area contributed by atoms with Crippen molar-refractivity contribution in [2.24, 2.45) is 5.73 Å². The van der Waals surface area contributed by atoms with Crippen LogP contribution in [0.2, 0.25) is 0 Å². The van der Waals surface area contributed by atoms with Crippen LogP contribution in [0.5, 0.6) is 11.5 Å². The second-order valence-electron chi connectivity index (χ2n) is 4.94. The number of nitrogens with two attached hydrogens (primary N) is 1. The summed E-state index contributed by atoms with van der Waals surface area (Å²) >= 11 is 0. The van der Waals surface area contributed by atoms with Crippen molar-refractivity contribution in [3.05, 3.63) is 23.8 Å². The molecule has 1 aromatic rings. The molecule has 0 aliphatic carbocycles. The lowest BCUT2D eigenvalue weighted by Gasteiger charge is -2.19. The van der Waals surface area contributed by atoms with E-state index in [1.807, 2.05) is 32.0 Å². The summed E-state index contributed by atoms with van der Waals surface area (Å²) in [5.74, 6) is 1.29. The highest BCUT2D eigenvalue weighted by atomic mass is 16.5. The van der Waals surface area contributed by atoms with Gasteiger partial charge in [0.05, 0.1) is 7.11 Å². The molecule has 0 aromatic heterocycles. The Bertz CT molecular complexity index is 447. The van der Waals surface area contributed by atoms with Gasteiger partial charge in [0.1, 0.15) is 11.5 Å². The Balaban J connectivity index is 2.82. The highest BCUT2D eigenvalue weighted by Crippen LogP contribution is 2.25. The van der Waals surface area contributed by atoms with E-state index in [0.29, 0.717) is 18.7 Å². The van der Waals surface area contributed by atoms with E-state index >= 15 is 0 Å². The van der Waals surface area contributed by atoms with Gasteiger partial charge in [-0.05, 0) is 57.5 Å². The summed E-state index contributed by atoms with van der Waals surface area (Å²) in [6.07, 6.45) is 0.118. The van der Waals surface area contributed by atoms with Gasteiger partial charge >= 0.3 is 0 Å². The molecule has 0 saturated carbocycles. The third-order valence-corrected chi connectivity index (χ3v) is 2.79. The molecule has 0 fully saturated rings. The van der Waals surface area contributed by atoms with Gasteiger partial charge < -0.3 is 20.5 Å². The molecule has 112 valence electrons. The number of rotatable bonds is 7. The van der Waals surface area contributed by atoms with E-state index in [0.717, 1.165) is 11.3 Å². The van der Waals surface area contributed by atoms with E-state index in [9.17, 15) is 4.79 Å². The normalized spacial score (nSPS) is 12.1. The minimum Gasteiger partial charge on any atom is -0.497 e. The highest BCUT2D eigenvalue weighted by Gasteiger charge is 2.17. The zero-order chi connectivity index (χ0) is 15.1. The van der Waals surface area contributed by atoms with Gasteiger partial charge in [-0.15, -0.1) is 0 Å². The maximum atomic E-state index is 11.9. The molecule has 0 aliphatic heterocycles. The quantitative estimate of drug-likeness (QED) is 0.793. The molecule has 0 heterocycles. The van der Waals surface area contributed by atoms with E-state index in [2.05, 4.69) is 5.32 Å². The van der Waals surface area contributed by atoms with Crippen LogP contribution in [0.4, 0.5) is 0 Å². The van der Waals surface area contributed by atoms with Gasteiger partial charge in [0.15, 0.2) is 6.10 Å². The van der Waals surface area contributed by atoms with Crippen LogP contribution in [0.3, 0.4) is 0 Å². The number of carbonyl (C=O) groups excluding carboxylic acids is 1. The van der Waals surface area contributed by atoms with E-state index < -0.39 is 6.10 Å². The summed E-state index contributed by atoms with van der Waals surface area (Å²) in [6, 6.07) is 5.59. The van der Waals surface area contributed by atoms with Crippen molar-refractivity contribution in [3.63, 3.8) is 0 Å². The summed E-state index contributed by atoms with van der Waals surface area (Å²) < 4.78 is 10.9. The molecule has 1 amide bonds. The molecule has 0 saturated heterocycles. The average molecular weight is 280 g/mol. The Morgan fingerprint density at radius 3 is 2.60 bits per heavy atom. The fourth-order valence-corrected chi connectivity index (χ4v) is 1.79. The molecule has 5 heteroatoms. The summed E-state index contributed by atoms with van der Waals surface area (Å²) in [7, 11) is 1.61. The fraction of sp³-hybridized carbons (Fsp3) is 0.533. The monoisotopic (exact) mass is 280 g/mol. The van der Waals surface area contributed by atoms with Gasteiger partial charge in [0, 0.05) is 6.04 Å². The molecule has 1 unspecified atom stereocenters. The van der Waals surface area contributed by atoms with Crippen molar-refractivity contribution < 1.29 is 14.3 Å². The van der Waals surface area contributed by atoms with Gasteiger partial charge in [-0.1, -0.05) is 0 Å². The van der Waals surface area contributed by atoms with Gasteiger partial charge in [-0.2, -0.15) is 0 Å². The maximum Gasteiger partial charge on any atom is 0.260 e. The van der Waals surface area contributed by atoms with E-state index in [4.69, 9.17) is 15.2 Å². The Kier molecular flexibility index (Phi) is 6.31. The number of nitrogens with one attached hydrogen (secondary N) is 1. The van der Waals surface area contributed by atoms with Crippen molar-refractivity contribution >= 4 is 5.91 Å². The van der Waals surface area contributed by atoms with Crippen LogP contribution in [0.15, 0.2) is 18.2 Å². The van der Waals surface area contributed by atoms with Crippen molar-refractivity contribution in [3.8, 4) is 11.5 Å². The molecule has 0 radical (unpaired) electrons. The predicted octanol–water partition coefficient (Wildman–Crippen LogP) is 1.49. The van der Waals surface area contributed by atoms with Crippen molar-refractivity contribution in [1.82, 2.24) is 5.32 Å². The molecule has 3 N–H and O–H groups in total. The van der Waals surface area contributed by atoms with Crippen molar-refractivity contribution in [2.45, 2.75) is 39.3 Å². The molecule has 0 bridgehead atoms. The van der Waals surface area contributed by atoms with Gasteiger partial charge in [0.2, 0.25) is 0 Å². The smallest absolute Gasteiger partial charge is 0.260 e. The lowest BCUT2D eigenvalue weighted by Crippen LogP contribution is -2.40. The molecular weight excluding hydrogens is 256 g/mol. The number of hydrogen-bond donors (Lipinski definition) is 2. The molecule has 1 aromatic carbocycles. The van der Waals surface area contributed by atoms with Crippen LogP contribution in [0.25, 0.3) is 0 Å². The topological polar surface area (TPSA) is 73.6 Å². The second kappa shape index (κ2) is 7.75. The van der Waals surface area contributed by atoms with E-state index in [1.165, 1.54) is 0 Å². The largest absolute Gasteiger partial charge is 0.497 e. The average Bonchev–Trinajstić information content (AvgIpc) is 2.40. The minimum absolute atomic E-state index is 0.0907. The second-order valence-corrected chi connectivity index (χ2v) is 4.94. The van der Waals surface area contributed by atoms with Crippen LogP contribution >= 0.6 is 0 Å². The number of benzene rings is 1. The lowest BCUT2D eigenvalue weighted by atomic mass is 10.1. The third-order valence-electron chi connectivity index (χ3n) is 2.79. The summed E-state index contributed by atoms with van der Waals surface area (Å²) in [5, 5.41) is 2.82. The zero-order valence-electron chi connectivity index (χ0n) is 12.6. The Hall–Kier alpha value is -1.75. The first-order valence-electron chi connectivity index (χ1n) is 6.82. The number of carbonyl (C=O) groups is 1. The molecule has 0 aliphatic rings. The minimum atomic E-state index is -0.553. The SMILES string of the molecule is COc1ccc(OC(C)C(=O)NC(C)C)c(CCN)c1. The molecule has 0 spiro atoms. The Morgan fingerprint density at radius 1 is 1.35 bits per heavy atom. The lowest BCUT2D eigenvalue weighted by molar-refractivity contribution is -0.127. The number of amides is 1. The summed E-state index contributed by atoms with van der Waals surface area (Å²) in [5.41, 5.74) is 6.54. The van der Waals surface area contributed by atoms with Crippen molar-refractivity contribution in [1.29, 1.82) is 0 Å². The Morgan fingerprint density at radius 2 is 2.05 bits per heavy atom. The van der Waals surface area contributed by atoms with Crippen LogP contribution < -0.4 is 20.5 Å². The number of methoxy groups -OCH3 is 1. The van der Waals surface area contributed by atoms with Gasteiger partial charge in [-0.25, -0.2) is 0 Å². The third kappa shape index (κ3) is 4.74. The number of hydrogen-bond acceptors (Lipinski definition) is 4. The molecule has 1 atom stereocenters. The highest BCUT2D eigenvalue weighted by molar-refractivity contribution is 5.81. The van der Waals surface area contributed by atoms with Crippen molar-refractivity contribution in [2.75, 3.05) is 13.7 Å². The first kappa shape index (κ1) is 16.3. The first-order valence-corrected chi connectivity index (χ1v) is 6.82. The van der Waals surface area contributed by atoms with Gasteiger partial charge in [0.25, 0.3) is 5.91 Å². The number of ether oxygens (including phenoxy) is 2. The van der Waals surface area contributed by atoms with Crippen LogP contribution in [0.1, 0.15) is 26.3 Å². The summed E-state index contributed by atoms with van der Waals surface area (Å²) in [4.78, 5) is 11.9. The molecule has 5 nitrogen and oxygen atoms in total. The van der Waals surface area contributed by atoms with Gasteiger partial charge in [-0.3, -0.25) is 4.79 Å². The van der Waals surface area contributed by atoms with Crippen LogP contribution in [0, 0.1) is 0 Å². The molecule has 20 heavy (non-hydrogen) atoms. The molecular formula is C15H24N2O3. The predicted molar refractivity (Wildman–Crippen MR) is 79.1 cm³/mol. The standard InChI is InChI=1S/C15H24N2O3/c1-10(2)17-15(18)11(3)20-14-6-5-13(19-4)9-12(14)7-8-16/h5-6,9-11H,7-8,16H2,1-4H3,(H,17,18). The zero-order valence-corrected chi connectivity index (χ0v) is 12.6. The van der Waals surface area contributed by atoms with Crippen LogP contribution in [-0.4, -0.2) is 31.7 Å². The fourth-order valence-electron chi connectivity index (χ4n) is 1.79. The first-order chi connectivity index (χ1) is 9.47. The molecule has 1 rings (SSSR count). The summed E-state index contributed by atoms with van der Waals surface area (Å²) in [6.45, 7) is 6.07. The Labute approximate surface area is 120 Å².